The van der Waals surface area contributed by atoms with Crippen LogP contribution in [0.25, 0.3) is 0 Å². The Labute approximate surface area is 101 Å². The number of ether oxygens (including phenoxy) is 2. The Hall–Kier alpha value is -0.620. The zero-order valence-electron chi connectivity index (χ0n) is 10.0. The number of thiophene rings is 1. The molecule has 0 saturated carbocycles. The van der Waals surface area contributed by atoms with Gasteiger partial charge in [-0.3, -0.25) is 11.3 Å². The molecule has 0 aliphatic carbocycles. The summed E-state index contributed by atoms with van der Waals surface area (Å²) in [5.41, 5.74) is 2.86. The number of methoxy groups -OCH3 is 2. The molecule has 16 heavy (non-hydrogen) atoms. The van der Waals surface area contributed by atoms with Crippen LogP contribution in [0.5, 0.6) is 5.75 Å². The molecule has 0 aromatic carbocycles. The quantitative estimate of drug-likeness (QED) is 0.568. The van der Waals surface area contributed by atoms with E-state index in [9.17, 15) is 0 Å². The molecule has 0 spiro atoms. The summed E-state index contributed by atoms with van der Waals surface area (Å²) >= 11 is 1.66. The molecule has 0 radical (unpaired) electrons. The number of hydrogen-bond acceptors (Lipinski definition) is 5. The molecule has 1 aromatic heterocycles. The van der Waals surface area contributed by atoms with E-state index in [1.807, 2.05) is 11.4 Å². The molecule has 1 heterocycles. The average Bonchev–Trinajstić information content (AvgIpc) is 2.75. The van der Waals surface area contributed by atoms with E-state index in [4.69, 9.17) is 15.3 Å². The van der Waals surface area contributed by atoms with Crippen LogP contribution in [0, 0.1) is 5.92 Å². The van der Waals surface area contributed by atoms with Gasteiger partial charge in [0.05, 0.1) is 18.0 Å². The summed E-state index contributed by atoms with van der Waals surface area (Å²) in [7, 11) is 3.39. The fourth-order valence-electron chi connectivity index (χ4n) is 1.67. The molecule has 0 saturated heterocycles. The van der Waals surface area contributed by atoms with E-state index in [1.54, 1.807) is 25.6 Å². The number of hydrazine groups is 1. The van der Waals surface area contributed by atoms with Gasteiger partial charge >= 0.3 is 0 Å². The molecule has 1 aromatic rings. The Bertz CT molecular complexity index is 304. The molecule has 5 heteroatoms. The minimum atomic E-state index is 0.116. The molecule has 0 amide bonds. The molecule has 3 N–H and O–H groups in total. The standard InChI is InChI=1S/C11H20N2O2S/c1-8(4-6-14-2)10(13-12)11-9(15-3)5-7-16-11/h5,7-8,10,13H,4,6,12H2,1-3H3. The number of hydrogen-bond donors (Lipinski definition) is 2. The minimum Gasteiger partial charge on any atom is -0.496 e. The summed E-state index contributed by atoms with van der Waals surface area (Å²) in [6.45, 7) is 2.90. The normalized spacial score (nSPS) is 14.8. The van der Waals surface area contributed by atoms with Crippen LogP contribution in [0.15, 0.2) is 11.4 Å². The fourth-order valence-corrected chi connectivity index (χ4v) is 2.73. The third-order valence-corrected chi connectivity index (χ3v) is 3.67. The van der Waals surface area contributed by atoms with E-state index in [0.717, 1.165) is 23.7 Å². The first-order valence-electron chi connectivity index (χ1n) is 5.31. The van der Waals surface area contributed by atoms with Gasteiger partial charge in [-0.2, -0.15) is 0 Å². The van der Waals surface area contributed by atoms with E-state index in [2.05, 4.69) is 12.3 Å². The second-order valence-corrected chi connectivity index (χ2v) is 4.70. The van der Waals surface area contributed by atoms with Crippen molar-refractivity contribution in [3.8, 4) is 5.75 Å². The highest BCUT2D eigenvalue weighted by Gasteiger charge is 2.22. The summed E-state index contributed by atoms with van der Waals surface area (Å²) in [5, 5.41) is 2.02. The second-order valence-electron chi connectivity index (χ2n) is 3.76. The Morgan fingerprint density at radius 1 is 1.50 bits per heavy atom. The molecule has 0 aliphatic rings. The van der Waals surface area contributed by atoms with Crippen molar-refractivity contribution in [2.45, 2.75) is 19.4 Å². The predicted molar refractivity (Wildman–Crippen MR) is 66.6 cm³/mol. The lowest BCUT2D eigenvalue weighted by Crippen LogP contribution is -2.32. The van der Waals surface area contributed by atoms with Crippen molar-refractivity contribution in [2.75, 3.05) is 20.8 Å². The summed E-state index contributed by atoms with van der Waals surface area (Å²) in [6, 6.07) is 2.08. The molecular weight excluding hydrogens is 224 g/mol. The van der Waals surface area contributed by atoms with Crippen molar-refractivity contribution in [3.63, 3.8) is 0 Å². The molecule has 1 rings (SSSR count). The van der Waals surface area contributed by atoms with Crippen LogP contribution in [-0.2, 0) is 4.74 Å². The summed E-state index contributed by atoms with van der Waals surface area (Å²) in [5.74, 6) is 6.92. The van der Waals surface area contributed by atoms with Crippen molar-refractivity contribution < 1.29 is 9.47 Å². The molecule has 4 nitrogen and oxygen atoms in total. The monoisotopic (exact) mass is 244 g/mol. The van der Waals surface area contributed by atoms with Gasteiger partial charge in [0.1, 0.15) is 5.75 Å². The van der Waals surface area contributed by atoms with Gasteiger partial charge in [0.15, 0.2) is 0 Å². The average molecular weight is 244 g/mol. The van der Waals surface area contributed by atoms with Crippen molar-refractivity contribution in [1.82, 2.24) is 5.43 Å². The van der Waals surface area contributed by atoms with Gasteiger partial charge in [-0.15, -0.1) is 11.3 Å². The third kappa shape index (κ3) is 3.18. The SMILES string of the molecule is COCCC(C)C(NN)c1sccc1OC. The van der Waals surface area contributed by atoms with Gasteiger partial charge in [0.25, 0.3) is 0 Å². The van der Waals surface area contributed by atoms with E-state index in [-0.39, 0.29) is 6.04 Å². The molecule has 2 unspecified atom stereocenters. The van der Waals surface area contributed by atoms with Crippen LogP contribution in [-0.4, -0.2) is 20.8 Å². The first-order valence-corrected chi connectivity index (χ1v) is 6.19. The highest BCUT2D eigenvalue weighted by molar-refractivity contribution is 7.10. The zero-order valence-corrected chi connectivity index (χ0v) is 10.8. The number of nitrogens with one attached hydrogen (secondary N) is 1. The molecular formula is C11H20N2O2S. The van der Waals surface area contributed by atoms with Crippen LogP contribution in [0.2, 0.25) is 0 Å². The highest BCUT2D eigenvalue weighted by atomic mass is 32.1. The predicted octanol–water partition coefficient (Wildman–Crippen LogP) is 1.93. The lowest BCUT2D eigenvalue weighted by Gasteiger charge is -2.22. The first-order chi connectivity index (χ1) is 7.74. The van der Waals surface area contributed by atoms with Gasteiger partial charge < -0.3 is 9.47 Å². The van der Waals surface area contributed by atoms with Crippen LogP contribution >= 0.6 is 11.3 Å². The van der Waals surface area contributed by atoms with E-state index < -0.39 is 0 Å². The minimum absolute atomic E-state index is 0.116. The van der Waals surface area contributed by atoms with Gasteiger partial charge in [-0.05, 0) is 23.8 Å². The van der Waals surface area contributed by atoms with Gasteiger partial charge in [0.2, 0.25) is 0 Å². The van der Waals surface area contributed by atoms with Gasteiger partial charge in [0, 0.05) is 13.7 Å². The summed E-state index contributed by atoms with van der Waals surface area (Å²) in [6.07, 6.45) is 0.965. The van der Waals surface area contributed by atoms with Crippen LogP contribution in [0.1, 0.15) is 24.3 Å². The van der Waals surface area contributed by atoms with Crippen LogP contribution in [0.3, 0.4) is 0 Å². The topological polar surface area (TPSA) is 56.5 Å². The summed E-state index contributed by atoms with van der Waals surface area (Å²) in [4.78, 5) is 1.15. The largest absolute Gasteiger partial charge is 0.496 e. The van der Waals surface area contributed by atoms with Crippen molar-refractivity contribution in [3.05, 3.63) is 16.3 Å². The van der Waals surface area contributed by atoms with Gasteiger partial charge in [-0.1, -0.05) is 6.92 Å². The van der Waals surface area contributed by atoms with Gasteiger partial charge in [-0.25, -0.2) is 0 Å². The molecule has 0 fully saturated rings. The lowest BCUT2D eigenvalue weighted by atomic mass is 9.97. The molecule has 0 aliphatic heterocycles. The van der Waals surface area contributed by atoms with Crippen molar-refractivity contribution >= 4 is 11.3 Å². The van der Waals surface area contributed by atoms with Crippen molar-refractivity contribution in [2.24, 2.45) is 11.8 Å². The fraction of sp³-hybridized carbons (Fsp3) is 0.636. The number of nitrogens with two attached hydrogens (primary N) is 1. The number of rotatable bonds is 7. The maximum Gasteiger partial charge on any atom is 0.134 e. The Kier molecular flexibility index (Phi) is 5.76. The maximum absolute atomic E-state index is 5.62. The van der Waals surface area contributed by atoms with E-state index in [1.165, 1.54) is 0 Å². The molecule has 2 atom stereocenters. The van der Waals surface area contributed by atoms with E-state index >= 15 is 0 Å². The third-order valence-electron chi connectivity index (χ3n) is 2.69. The summed E-state index contributed by atoms with van der Waals surface area (Å²) < 4.78 is 10.4. The Morgan fingerprint density at radius 3 is 2.81 bits per heavy atom. The molecule has 92 valence electrons. The maximum atomic E-state index is 5.62. The smallest absolute Gasteiger partial charge is 0.134 e. The molecule has 0 bridgehead atoms. The van der Waals surface area contributed by atoms with E-state index in [0.29, 0.717) is 5.92 Å². The van der Waals surface area contributed by atoms with Crippen LogP contribution < -0.4 is 16.0 Å². The lowest BCUT2D eigenvalue weighted by molar-refractivity contribution is 0.170. The van der Waals surface area contributed by atoms with Crippen molar-refractivity contribution in [1.29, 1.82) is 0 Å². The van der Waals surface area contributed by atoms with Crippen LogP contribution in [0.4, 0.5) is 0 Å². The Morgan fingerprint density at radius 2 is 2.25 bits per heavy atom. The second kappa shape index (κ2) is 6.85. The Balaban J connectivity index is 2.73. The zero-order chi connectivity index (χ0) is 12.0. The highest BCUT2D eigenvalue weighted by Crippen LogP contribution is 2.35. The first kappa shape index (κ1) is 13.4.